The van der Waals surface area contributed by atoms with Crippen LogP contribution < -0.4 is 20.1 Å². The second-order valence-corrected chi connectivity index (χ2v) is 6.93. The zero-order chi connectivity index (χ0) is 22.8. The molecule has 1 aliphatic heterocycles. The van der Waals surface area contributed by atoms with Crippen LogP contribution in [-0.2, 0) is 4.84 Å². The first-order valence-electron chi connectivity index (χ1n) is 10.0. The van der Waals surface area contributed by atoms with Crippen molar-refractivity contribution in [2.45, 2.75) is 18.4 Å². The van der Waals surface area contributed by atoms with Gasteiger partial charge in [0.05, 0.1) is 25.3 Å². The van der Waals surface area contributed by atoms with E-state index in [0.29, 0.717) is 36.1 Å². The second-order valence-electron chi connectivity index (χ2n) is 6.93. The Kier molecular flexibility index (Phi) is 8.13. The number of carbonyl (C=O) groups is 1. The topological polar surface area (TPSA) is 130 Å². The van der Waals surface area contributed by atoms with E-state index in [-0.39, 0.29) is 24.6 Å². The molecule has 32 heavy (non-hydrogen) atoms. The van der Waals surface area contributed by atoms with E-state index in [2.05, 4.69) is 25.8 Å². The van der Waals surface area contributed by atoms with Crippen LogP contribution in [0.3, 0.4) is 0 Å². The van der Waals surface area contributed by atoms with Gasteiger partial charge in [-0.05, 0) is 12.1 Å². The summed E-state index contributed by atoms with van der Waals surface area (Å²) in [5.74, 6) is 0.827. The Labute approximate surface area is 186 Å². The van der Waals surface area contributed by atoms with Gasteiger partial charge < -0.3 is 30.4 Å². The van der Waals surface area contributed by atoms with Crippen LogP contribution in [0.2, 0.25) is 0 Å². The fourth-order valence-corrected chi connectivity index (χ4v) is 3.08. The van der Waals surface area contributed by atoms with Gasteiger partial charge in [-0.2, -0.15) is 0 Å². The number of methoxy groups -OCH3 is 1. The van der Waals surface area contributed by atoms with Crippen LogP contribution in [-0.4, -0.2) is 62.6 Å². The standard InChI is InChI=1S/C22H26N6O4/c1-24-12-15(11-23)19-5-3-4-6-20(19)31-14-18-9-17(28-32-18)13-26-22(29)27-16-7-8-25-21(10-16)30-2/h3-8,10-12,15,18,23H,9,13-14H2,1-2H3,(H2,25,26,27,29). The molecule has 2 amide bonds. The molecule has 0 aliphatic carbocycles. The average Bonchev–Trinajstić information content (AvgIpc) is 3.28. The number of aliphatic imine (C=N–C) groups is 1. The number of hydrogen-bond acceptors (Lipinski definition) is 8. The van der Waals surface area contributed by atoms with Crippen molar-refractivity contribution in [3.8, 4) is 11.6 Å². The van der Waals surface area contributed by atoms with E-state index < -0.39 is 0 Å². The average molecular weight is 438 g/mol. The number of ether oxygens (including phenoxy) is 2. The lowest BCUT2D eigenvalue weighted by Gasteiger charge is -2.16. The highest BCUT2D eigenvalue weighted by molar-refractivity contribution is 5.94. The van der Waals surface area contributed by atoms with Gasteiger partial charge >= 0.3 is 6.03 Å². The first kappa shape index (κ1) is 22.7. The molecule has 1 aromatic carbocycles. The van der Waals surface area contributed by atoms with Gasteiger partial charge in [0.2, 0.25) is 5.88 Å². The van der Waals surface area contributed by atoms with Crippen LogP contribution in [0.25, 0.3) is 0 Å². The molecule has 1 aliphatic rings. The third-order valence-electron chi connectivity index (χ3n) is 4.64. The fourth-order valence-electron chi connectivity index (χ4n) is 3.08. The Morgan fingerprint density at radius 1 is 1.41 bits per heavy atom. The number of carbonyl (C=O) groups excluding carboxylic acids is 1. The van der Waals surface area contributed by atoms with E-state index in [1.165, 1.54) is 13.3 Å². The lowest BCUT2D eigenvalue weighted by molar-refractivity contribution is 0.0468. The molecule has 10 heteroatoms. The monoisotopic (exact) mass is 438 g/mol. The van der Waals surface area contributed by atoms with E-state index in [1.807, 2.05) is 24.3 Å². The zero-order valence-electron chi connectivity index (χ0n) is 17.9. The Morgan fingerprint density at radius 2 is 2.25 bits per heavy atom. The largest absolute Gasteiger partial charge is 0.489 e. The van der Waals surface area contributed by atoms with Crippen molar-refractivity contribution in [2.75, 3.05) is 32.6 Å². The van der Waals surface area contributed by atoms with Crippen LogP contribution in [0.5, 0.6) is 11.6 Å². The summed E-state index contributed by atoms with van der Waals surface area (Å²) in [7, 11) is 3.18. The van der Waals surface area contributed by atoms with Crippen LogP contribution in [0.15, 0.2) is 52.7 Å². The Balaban J connectivity index is 1.45. The highest BCUT2D eigenvalue weighted by Gasteiger charge is 2.23. The molecule has 0 bridgehead atoms. The highest BCUT2D eigenvalue weighted by Crippen LogP contribution is 2.25. The number of oxime groups is 1. The third-order valence-corrected chi connectivity index (χ3v) is 4.64. The molecule has 2 atom stereocenters. The molecule has 0 spiro atoms. The predicted molar refractivity (Wildman–Crippen MR) is 123 cm³/mol. The zero-order valence-corrected chi connectivity index (χ0v) is 17.9. The van der Waals surface area contributed by atoms with Gasteiger partial charge in [0.15, 0.2) is 6.10 Å². The molecule has 0 saturated heterocycles. The molecule has 2 unspecified atom stereocenters. The summed E-state index contributed by atoms with van der Waals surface area (Å²) in [5.41, 5.74) is 2.14. The smallest absolute Gasteiger partial charge is 0.319 e. The number of pyridine rings is 1. The molecule has 3 N–H and O–H groups in total. The van der Waals surface area contributed by atoms with Crippen molar-refractivity contribution in [3.63, 3.8) is 0 Å². The predicted octanol–water partition coefficient (Wildman–Crippen LogP) is 2.87. The van der Waals surface area contributed by atoms with Crippen LogP contribution in [0.4, 0.5) is 10.5 Å². The van der Waals surface area contributed by atoms with E-state index >= 15 is 0 Å². The van der Waals surface area contributed by atoms with Gasteiger partial charge in [-0.25, -0.2) is 9.78 Å². The number of hydrogen-bond donors (Lipinski definition) is 3. The molecular formula is C22H26N6O4. The number of rotatable bonds is 10. The number of benzene rings is 1. The third kappa shape index (κ3) is 6.27. The first-order valence-corrected chi connectivity index (χ1v) is 10.0. The van der Waals surface area contributed by atoms with Crippen LogP contribution in [0, 0.1) is 5.41 Å². The molecule has 10 nitrogen and oxygen atoms in total. The highest BCUT2D eigenvalue weighted by atomic mass is 16.7. The Hall–Kier alpha value is -3.95. The summed E-state index contributed by atoms with van der Waals surface area (Å²) in [5, 5.41) is 17.1. The van der Waals surface area contributed by atoms with Gasteiger partial charge in [-0.1, -0.05) is 23.4 Å². The summed E-state index contributed by atoms with van der Waals surface area (Å²) in [6, 6.07) is 10.5. The number of nitrogens with one attached hydrogen (secondary N) is 3. The van der Waals surface area contributed by atoms with Crippen molar-refractivity contribution in [1.82, 2.24) is 10.3 Å². The summed E-state index contributed by atoms with van der Waals surface area (Å²) in [4.78, 5) is 25.6. The van der Waals surface area contributed by atoms with Crippen LogP contribution >= 0.6 is 0 Å². The normalized spacial score (nSPS) is 16.1. The van der Waals surface area contributed by atoms with E-state index in [0.717, 1.165) is 5.56 Å². The molecular weight excluding hydrogens is 412 g/mol. The number of aromatic nitrogens is 1. The minimum absolute atomic E-state index is 0.254. The van der Waals surface area contributed by atoms with Crippen molar-refractivity contribution in [3.05, 3.63) is 48.2 Å². The Bertz CT molecular complexity index is 994. The van der Waals surface area contributed by atoms with E-state index in [4.69, 9.17) is 19.7 Å². The SMILES string of the molecule is CN=CC(C=N)c1ccccc1OCC1CC(CNC(=O)Nc2ccnc(OC)c2)=NO1. The van der Waals surface area contributed by atoms with Crippen LogP contribution in [0.1, 0.15) is 17.9 Å². The summed E-state index contributed by atoms with van der Waals surface area (Å²) < 4.78 is 11.0. The number of anilines is 1. The summed E-state index contributed by atoms with van der Waals surface area (Å²) in [6.07, 6.45) is 4.84. The molecule has 168 valence electrons. The van der Waals surface area contributed by atoms with E-state index in [1.54, 1.807) is 31.6 Å². The number of urea groups is 1. The molecule has 0 radical (unpaired) electrons. The van der Waals surface area contributed by atoms with Gasteiger partial charge in [0, 0.05) is 49.4 Å². The summed E-state index contributed by atoms with van der Waals surface area (Å²) >= 11 is 0. The van der Waals surface area contributed by atoms with Gasteiger partial charge in [-0.15, -0.1) is 0 Å². The second kappa shape index (κ2) is 11.4. The van der Waals surface area contributed by atoms with E-state index in [9.17, 15) is 4.79 Å². The molecule has 0 fully saturated rings. The minimum Gasteiger partial charge on any atom is -0.489 e. The number of amides is 2. The lowest BCUT2D eigenvalue weighted by atomic mass is 10.0. The molecule has 3 rings (SSSR count). The summed E-state index contributed by atoms with van der Waals surface area (Å²) in [6.45, 7) is 0.547. The maximum Gasteiger partial charge on any atom is 0.319 e. The van der Waals surface area contributed by atoms with Crippen molar-refractivity contribution < 1.29 is 19.1 Å². The van der Waals surface area contributed by atoms with Crippen molar-refractivity contribution in [1.29, 1.82) is 5.41 Å². The maximum atomic E-state index is 12.1. The quantitative estimate of drug-likeness (QED) is 0.491. The molecule has 2 heterocycles. The Morgan fingerprint density at radius 3 is 3.03 bits per heavy atom. The lowest BCUT2D eigenvalue weighted by Crippen LogP contribution is -2.33. The van der Waals surface area contributed by atoms with Gasteiger partial charge in [-0.3, -0.25) is 4.99 Å². The first-order chi connectivity index (χ1) is 15.6. The number of para-hydroxylation sites is 1. The molecule has 1 aromatic heterocycles. The molecule has 2 aromatic rings. The minimum atomic E-state index is -0.371. The fraction of sp³-hybridized carbons (Fsp3) is 0.318. The van der Waals surface area contributed by atoms with Crippen molar-refractivity contribution in [2.24, 2.45) is 10.1 Å². The number of nitrogens with zero attached hydrogens (tertiary/aromatic N) is 3. The van der Waals surface area contributed by atoms with Gasteiger partial charge in [0.1, 0.15) is 12.4 Å². The molecule has 0 saturated carbocycles. The maximum absolute atomic E-state index is 12.1. The van der Waals surface area contributed by atoms with Gasteiger partial charge in [0.25, 0.3) is 0 Å². The van der Waals surface area contributed by atoms with Crippen molar-refractivity contribution >= 4 is 29.9 Å².